The lowest BCUT2D eigenvalue weighted by atomic mass is 9.76. The minimum Gasteiger partial charge on any atom is -0.483 e. The molecule has 1 fully saturated rings. The molecule has 2 aromatic rings. The molecule has 0 saturated carbocycles. The van der Waals surface area contributed by atoms with Gasteiger partial charge >= 0.3 is 0 Å². The van der Waals surface area contributed by atoms with Crippen molar-refractivity contribution >= 4 is 18.2 Å². The van der Waals surface area contributed by atoms with Crippen LogP contribution >= 0.6 is 0 Å². The third-order valence-corrected chi connectivity index (χ3v) is 6.35. The fourth-order valence-corrected chi connectivity index (χ4v) is 4.78. The summed E-state index contributed by atoms with van der Waals surface area (Å²) in [6.07, 6.45) is 9.06. The smallest absolute Gasteiger partial charge is 0.290 e. The predicted octanol–water partition coefficient (Wildman–Crippen LogP) is 3.14. The van der Waals surface area contributed by atoms with Crippen molar-refractivity contribution in [3.05, 3.63) is 47.2 Å². The molecule has 8 nitrogen and oxygen atoms in total. The molecule has 8 heteroatoms. The highest BCUT2D eigenvalue weighted by molar-refractivity contribution is 5.76. The Morgan fingerprint density at radius 3 is 2.50 bits per heavy atom. The largest absolute Gasteiger partial charge is 0.483 e. The molecule has 1 saturated heterocycles. The van der Waals surface area contributed by atoms with E-state index in [1.165, 1.54) is 16.8 Å². The number of rotatable bonds is 5. The number of carboxylic acid groups (broad SMARTS) is 1. The first-order chi connectivity index (χ1) is 15.4. The Morgan fingerprint density at radius 1 is 1.22 bits per heavy atom. The van der Waals surface area contributed by atoms with Crippen molar-refractivity contribution in [2.75, 3.05) is 18.4 Å². The number of nitrogens with zero attached hydrogens (tertiary/aromatic N) is 4. The molecule has 2 N–H and O–H groups in total. The van der Waals surface area contributed by atoms with E-state index in [9.17, 15) is 4.79 Å². The maximum absolute atomic E-state index is 12.7. The Bertz CT molecular complexity index is 925. The third-order valence-electron chi connectivity index (χ3n) is 6.35. The summed E-state index contributed by atoms with van der Waals surface area (Å²) >= 11 is 0. The van der Waals surface area contributed by atoms with Gasteiger partial charge in [-0.1, -0.05) is 0 Å². The zero-order valence-corrected chi connectivity index (χ0v) is 19.2. The monoisotopic (exact) mass is 439 g/mol. The van der Waals surface area contributed by atoms with Crippen LogP contribution in [-0.2, 0) is 27.8 Å². The van der Waals surface area contributed by atoms with E-state index in [-0.39, 0.29) is 17.8 Å². The summed E-state index contributed by atoms with van der Waals surface area (Å²) < 4.78 is 0. The molecule has 1 aliphatic carbocycles. The number of pyridine rings is 1. The number of hydrogen-bond donors (Lipinski definition) is 2. The Morgan fingerprint density at radius 2 is 1.88 bits per heavy atom. The van der Waals surface area contributed by atoms with Crippen LogP contribution in [0.3, 0.4) is 0 Å². The molecule has 4 rings (SSSR count). The first kappa shape index (κ1) is 23.6. The van der Waals surface area contributed by atoms with Gasteiger partial charge in [-0.15, -0.1) is 0 Å². The predicted molar refractivity (Wildman–Crippen MR) is 123 cm³/mol. The summed E-state index contributed by atoms with van der Waals surface area (Å²) in [6, 6.07) is 4.32. The quantitative estimate of drug-likeness (QED) is 0.689. The summed E-state index contributed by atoms with van der Waals surface area (Å²) in [5.41, 5.74) is 3.81. The highest BCUT2D eigenvalue weighted by atomic mass is 16.3. The second-order valence-electron chi connectivity index (χ2n) is 8.87. The average Bonchev–Trinajstić information content (AvgIpc) is 3.11. The van der Waals surface area contributed by atoms with Crippen molar-refractivity contribution in [3.63, 3.8) is 0 Å². The number of fused-ring (bicyclic) bond motifs is 2. The fourth-order valence-electron chi connectivity index (χ4n) is 4.78. The van der Waals surface area contributed by atoms with Crippen molar-refractivity contribution in [1.82, 2.24) is 19.9 Å². The molecule has 0 radical (unpaired) electrons. The van der Waals surface area contributed by atoms with Crippen LogP contribution < -0.4 is 5.32 Å². The average molecular weight is 440 g/mol. The van der Waals surface area contributed by atoms with Gasteiger partial charge < -0.3 is 15.3 Å². The van der Waals surface area contributed by atoms with Gasteiger partial charge in [0.05, 0.1) is 5.69 Å². The van der Waals surface area contributed by atoms with E-state index in [4.69, 9.17) is 14.9 Å². The van der Waals surface area contributed by atoms with Gasteiger partial charge in [-0.3, -0.25) is 14.6 Å². The van der Waals surface area contributed by atoms with E-state index >= 15 is 0 Å². The van der Waals surface area contributed by atoms with Gasteiger partial charge in [-0.2, -0.15) is 0 Å². The van der Waals surface area contributed by atoms with Crippen LogP contribution in [-0.4, -0.2) is 56.5 Å². The van der Waals surface area contributed by atoms with Crippen LogP contribution in [0.1, 0.15) is 62.2 Å². The van der Waals surface area contributed by atoms with Crippen molar-refractivity contribution < 1.29 is 14.7 Å². The van der Waals surface area contributed by atoms with Crippen LogP contribution in [0.5, 0.6) is 0 Å². The van der Waals surface area contributed by atoms with Gasteiger partial charge in [-0.25, -0.2) is 9.97 Å². The van der Waals surface area contributed by atoms with Crippen LogP contribution in [0.4, 0.5) is 5.82 Å². The normalized spacial score (nSPS) is 16.3. The van der Waals surface area contributed by atoms with Gasteiger partial charge in [-0.05, 0) is 70.6 Å². The molecule has 1 spiro atoms. The van der Waals surface area contributed by atoms with Gasteiger partial charge in [0.25, 0.3) is 6.47 Å². The van der Waals surface area contributed by atoms with E-state index in [0.717, 1.165) is 56.8 Å². The summed E-state index contributed by atoms with van der Waals surface area (Å²) in [6.45, 7) is 7.67. The number of likely N-dealkylation sites (tertiary alicyclic amines) is 1. The maximum Gasteiger partial charge on any atom is 0.290 e. The molecule has 172 valence electrons. The number of amides is 1. The number of aromatic nitrogens is 3. The molecule has 0 bridgehead atoms. The minimum absolute atomic E-state index is 0.109. The summed E-state index contributed by atoms with van der Waals surface area (Å²) in [5.74, 6) is 2.11. The van der Waals surface area contributed by atoms with E-state index in [1.807, 2.05) is 24.0 Å². The lowest BCUT2D eigenvalue weighted by Gasteiger charge is -2.39. The Balaban J connectivity index is 0.000000913. The number of nitrogens with one attached hydrogen (secondary N) is 1. The van der Waals surface area contributed by atoms with Crippen molar-refractivity contribution in [2.45, 2.75) is 70.8 Å². The minimum atomic E-state index is -0.250. The molecule has 1 amide bonds. The molecule has 1 aliphatic heterocycles. The highest BCUT2D eigenvalue weighted by Gasteiger charge is 2.44. The lowest BCUT2D eigenvalue weighted by Crippen LogP contribution is -2.44. The van der Waals surface area contributed by atoms with Crippen LogP contribution in [0, 0.1) is 6.92 Å². The lowest BCUT2D eigenvalue weighted by molar-refractivity contribution is -0.132. The standard InChI is InChI=1S/C23H31N5O.CH2O2/c1-16(2)25-22-19-6-9-23(21(19)26-17(3)27-22)10-14-28(15-11-23)20(29)5-4-18-7-12-24-13-8-18;2-1-3/h7-8,12-13,16H,4-6,9-11,14-15H2,1-3H3,(H,25,26,27);1H,(H,2,3). The van der Waals surface area contributed by atoms with E-state index in [1.54, 1.807) is 12.4 Å². The third kappa shape index (κ3) is 5.41. The molecular weight excluding hydrogens is 406 g/mol. The second kappa shape index (κ2) is 10.5. The molecule has 0 unspecified atom stereocenters. The SMILES string of the molecule is Cc1nc(NC(C)C)c2c(n1)C1(CC2)CCN(C(=O)CCc2ccncc2)CC1.O=CO. The van der Waals surface area contributed by atoms with Crippen LogP contribution in [0.2, 0.25) is 0 Å². The van der Waals surface area contributed by atoms with Crippen molar-refractivity contribution in [2.24, 2.45) is 0 Å². The molecule has 2 aromatic heterocycles. The van der Waals surface area contributed by atoms with Gasteiger partial charge in [0, 0.05) is 48.9 Å². The van der Waals surface area contributed by atoms with Gasteiger partial charge in [0.1, 0.15) is 11.6 Å². The molecule has 3 heterocycles. The molecule has 0 aromatic carbocycles. The van der Waals surface area contributed by atoms with E-state index in [0.29, 0.717) is 12.5 Å². The van der Waals surface area contributed by atoms with E-state index in [2.05, 4.69) is 29.1 Å². The zero-order chi connectivity index (χ0) is 23.1. The van der Waals surface area contributed by atoms with Crippen LogP contribution in [0.25, 0.3) is 0 Å². The summed E-state index contributed by atoms with van der Waals surface area (Å²) in [4.78, 5) is 36.7. The first-order valence-electron chi connectivity index (χ1n) is 11.3. The number of hydrogen-bond acceptors (Lipinski definition) is 6. The summed E-state index contributed by atoms with van der Waals surface area (Å²) in [5, 5.41) is 10.4. The van der Waals surface area contributed by atoms with Gasteiger partial charge in [0.15, 0.2) is 0 Å². The number of carbonyl (C=O) groups excluding carboxylic acids is 1. The van der Waals surface area contributed by atoms with E-state index < -0.39 is 0 Å². The summed E-state index contributed by atoms with van der Waals surface area (Å²) in [7, 11) is 0. The number of aryl methyl sites for hydroxylation is 2. The Labute approximate surface area is 189 Å². The fraction of sp³-hybridized carbons (Fsp3) is 0.542. The molecule has 0 atom stereocenters. The molecular formula is C24H33N5O3. The molecule has 32 heavy (non-hydrogen) atoms. The molecule has 2 aliphatic rings. The van der Waals surface area contributed by atoms with Crippen LogP contribution in [0.15, 0.2) is 24.5 Å². The number of piperidine rings is 1. The number of anilines is 1. The van der Waals surface area contributed by atoms with Crippen molar-refractivity contribution in [3.8, 4) is 0 Å². The van der Waals surface area contributed by atoms with Crippen molar-refractivity contribution in [1.29, 1.82) is 0 Å². The number of carbonyl (C=O) groups is 2. The maximum atomic E-state index is 12.7. The highest BCUT2D eigenvalue weighted by Crippen LogP contribution is 2.47. The Kier molecular flexibility index (Phi) is 7.77. The zero-order valence-electron chi connectivity index (χ0n) is 19.2. The van der Waals surface area contributed by atoms with Gasteiger partial charge in [0.2, 0.25) is 5.91 Å². The second-order valence-corrected chi connectivity index (χ2v) is 8.87. The first-order valence-corrected chi connectivity index (χ1v) is 11.3. The Hall–Kier alpha value is -3.03. The topological polar surface area (TPSA) is 108 Å².